The van der Waals surface area contributed by atoms with Crippen LogP contribution in [-0.4, -0.2) is 18.5 Å². The molecule has 0 amide bonds. The van der Waals surface area contributed by atoms with Gasteiger partial charge in [0.2, 0.25) is 0 Å². The van der Waals surface area contributed by atoms with E-state index in [-0.39, 0.29) is 11.9 Å². The van der Waals surface area contributed by atoms with Crippen LogP contribution in [0.4, 0.5) is 0 Å². The summed E-state index contributed by atoms with van der Waals surface area (Å²) in [6.45, 7) is 4.63. The van der Waals surface area contributed by atoms with Crippen molar-refractivity contribution in [3.05, 3.63) is 35.4 Å². The molecule has 1 fully saturated rings. The van der Waals surface area contributed by atoms with E-state index in [0.717, 1.165) is 18.4 Å². The van der Waals surface area contributed by atoms with Crippen LogP contribution >= 0.6 is 0 Å². The third-order valence-corrected chi connectivity index (χ3v) is 3.17. The minimum Gasteiger partial charge on any atom is -0.370 e. The van der Waals surface area contributed by atoms with Gasteiger partial charge in [-0.1, -0.05) is 29.8 Å². The Labute approximate surface area is 103 Å². The monoisotopic (exact) mass is 232 g/mol. The molecule has 2 heteroatoms. The first-order valence-corrected chi connectivity index (χ1v) is 6.40. The third-order valence-electron chi connectivity index (χ3n) is 3.17. The van der Waals surface area contributed by atoms with E-state index < -0.39 is 0 Å². The smallest absolute Gasteiger partial charge is 0.166 e. The van der Waals surface area contributed by atoms with Crippen molar-refractivity contribution < 1.29 is 9.53 Å². The van der Waals surface area contributed by atoms with Gasteiger partial charge in [0.25, 0.3) is 0 Å². The predicted molar refractivity (Wildman–Crippen MR) is 68.0 cm³/mol. The maximum Gasteiger partial charge on any atom is 0.166 e. The van der Waals surface area contributed by atoms with Crippen LogP contribution in [-0.2, 0) is 16.0 Å². The van der Waals surface area contributed by atoms with E-state index in [1.165, 1.54) is 5.56 Å². The van der Waals surface area contributed by atoms with Crippen LogP contribution in [0, 0.1) is 12.8 Å². The fourth-order valence-corrected chi connectivity index (χ4v) is 2.19. The van der Waals surface area contributed by atoms with Crippen molar-refractivity contribution in [2.45, 2.75) is 39.2 Å². The van der Waals surface area contributed by atoms with E-state index >= 15 is 0 Å². The summed E-state index contributed by atoms with van der Waals surface area (Å²) >= 11 is 0. The minimum absolute atomic E-state index is 0.166. The highest BCUT2D eigenvalue weighted by Crippen LogP contribution is 2.35. The van der Waals surface area contributed by atoms with Gasteiger partial charge in [-0.2, -0.15) is 0 Å². The summed E-state index contributed by atoms with van der Waals surface area (Å²) in [7, 11) is 0. The first-order valence-electron chi connectivity index (χ1n) is 6.40. The fourth-order valence-electron chi connectivity index (χ4n) is 2.19. The molecule has 1 aliphatic rings. The molecule has 0 bridgehead atoms. The first kappa shape index (κ1) is 12.3. The number of rotatable bonds is 6. The zero-order valence-corrected chi connectivity index (χ0v) is 10.6. The summed E-state index contributed by atoms with van der Waals surface area (Å²) in [5.74, 6) is 0.715. The maximum atomic E-state index is 12.2. The van der Waals surface area contributed by atoms with Crippen molar-refractivity contribution >= 4 is 5.78 Å². The van der Waals surface area contributed by atoms with E-state index in [2.05, 4.69) is 19.1 Å². The lowest BCUT2D eigenvalue weighted by molar-refractivity contribution is -0.130. The normalized spacial score (nSPS) is 16.8. The Morgan fingerprint density at radius 2 is 2.24 bits per heavy atom. The second-order valence-electron chi connectivity index (χ2n) is 4.85. The highest BCUT2D eigenvalue weighted by atomic mass is 16.5. The molecule has 92 valence electrons. The Morgan fingerprint density at radius 3 is 2.82 bits per heavy atom. The lowest BCUT2D eigenvalue weighted by Crippen LogP contribution is -2.28. The molecule has 2 nitrogen and oxygen atoms in total. The number of hydrogen-bond donors (Lipinski definition) is 0. The molecule has 0 aliphatic heterocycles. The van der Waals surface area contributed by atoms with Gasteiger partial charge in [-0.15, -0.1) is 0 Å². The van der Waals surface area contributed by atoms with Gasteiger partial charge in [-0.3, -0.25) is 4.79 Å². The van der Waals surface area contributed by atoms with Crippen molar-refractivity contribution in [3.63, 3.8) is 0 Å². The quantitative estimate of drug-likeness (QED) is 0.753. The molecule has 1 unspecified atom stereocenters. The highest BCUT2D eigenvalue weighted by Gasteiger charge is 2.36. The van der Waals surface area contributed by atoms with Crippen LogP contribution in [0.5, 0.6) is 0 Å². The summed E-state index contributed by atoms with van der Waals surface area (Å²) < 4.78 is 5.58. The number of carbonyl (C=O) groups excluding carboxylic acids is 1. The average Bonchev–Trinajstić information content (AvgIpc) is 3.09. The summed E-state index contributed by atoms with van der Waals surface area (Å²) in [5.41, 5.74) is 2.30. The largest absolute Gasteiger partial charge is 0.370 e. The van der Waals surface area contributed by atoms with E-state index in [1.807, 2.05) is 19.1 Å². The molecule has 1 atom stereocenters. The van der Waals surface area contributed by atoms with Gasteiger partial charge in [0.05, 0.1) is 0 Å². The topological polar surface area (TPSA) is 26.3 Å². The van der Waals surface area contributed by atoms with Crippen LogP contribution in [0.3, 0.4) is 0 Å². The lowest BCUT2D eigenvalue weighted by Gasteiger charge is -2.15. The van der Waals surface area contributed by atoms with E-state index in [0.29, 0.717) is 18.9 Å². The van der Waals surface area contributed by atoms with Crippen molar-refractivity contribution in [2.75, 3.05) is 6.61 Å². The summed E-state index contributed by atoms with van der Waals surface area (Å²) in [4.78, 5) is 12.2. The van der Waals surface area contributed by atoms with E-state index in [9.17, 15) is 4.79 Å². The van der Waals surface area contributed by atoms with E-state index in [1.54, 1.807) is 0 Å². The molecule has 0 aromatic heterocycles. The number of aryl methyl sites for hydroxylation is 1. The predicted octanol–water partition coefficient (Wildman–Crippen LogP) is 2.92. The molecule has 0 radical (unpaired) electrons. The summed E-state index contributed by atoms with van der Waals surface area (Å²) in [6, 6.07) is 8.15. The van der Waals surface area contributed by atoms with Crippen molar-refractivity contribution in [3.8, 4) is 0 Å². The first-order chi connectivity index (χ1) is 8.20. The standard InChI is InChI=1S/C15H20O2/c1-3-17-15(13-7-8-13)14(16)10-12-6-4-5-11(2)9-12/h4-6,9,13,15H,3,7-8,10H2,1-2H3. The molecule has 2 rings (SSSR count). The molecule has 0 heterocycles. The Morgan fingerprint density at radius 1 is 1.47 bits per heavy atom. The second-order valence-corrected chi connectivity index (χ2v) is 4.85. The zero-order valence-electron chi connectivity index (χ0n) is 10.6. The molecule has 1 aromatic rings. The van der Waals surface area contributed by atoms with Crippen molar-refractivity contribution in [1.29, 1.82) is 0 Å². The zero-order chi connectivity index (χ0) is 12.3. The van der Waals surface area contributed by atoms with Gasteiger partial charge in [0, 0.05) is 13.0 Å². The Hall–Kier alpha value is -1.15. The average molecular weight is 232 g/mol. The van der Waals surface area contributed by atoms with Gasteiger partial charge in [0.1, 0.15) is 6.10 Å². The molecule has 1 saturated carbocycles. The molecule has 0 saturated heterocycles. The van der Waals surface area contributed by atoms with Crippen LogP contribution in [0.2, 0.25) is 0 Å². The van der Waals surface area contributed by atoms with Crippen LogP contribution < -0.4 is 0 Å². The maximum absolute atomic E-state index is 12.2. The molecule has 0 spiro atoms. The third kappa shape index (κ3) is 3.40. The Bertz CT molecular complexity index is 394. The van der Waals surface area contributed by atoms with Crippen molar-refractivity contribution in [2.24, 2.45) is 5.92 Å². The van der Waals surface area contributed by atoms with Crippen LogP contribution in [0.1, 0.15) is 30.9 Å². The fraction of sp³-hybridized carbons (Fsp3) is 0.533. The van der Waals surface area contributed by atoms with Gasteiger partial charge in [-0.05, 0) is 38.2 Å². The minimum atomic E-state index is -0.166. The summed E-state index contributed by atoms with van der Waals surface area (Å²) in [5, 5.41) is 0. The Balaban J connectivity index is 1.99. The number of ether oxygens (including phenoxy) is 1. The molecular weight excluding hydrogens is 212 g/mol. The molecular formula is C15H20O2. The Kier molecular flexibility index (Phi) is 3.95. The van der Waals surface area contributed by atoms with Gasteiger partial charge < -0.3 is 4.74 Å². The molecule has 1 aromatic carbocycles. The number of hydrogen-bond acceptors (Lipinski definition) is 2. The van der Waals surface area contributed by atoms with E-state index in [4.69, 9.17) is 4.74 Å². The number of Topliss-reactive ketones (excluding diaryl/α,β-unsaturated/α-hetero) is 1. The van der Waals surface area contributed by atoms with Crippen LogP contribution in [0.15, 0.2) is 24.3 Å². The van der Waals surface area contributed by atoms with Gasteiger partial charge >= 0.3 is 0 Å². The second kappa shape index (κ2) is 5.46. The van der Waals surface area contributed by atoms with Gasteiger partial charge in [-0.25, -0.2) is 0 Å². The number of ketones is 1. The SMILES string of the molecule is CCOC(C(=O)Cc1cccc(C)c1)C1CC1. The van der Waals surface area contributed by atoms with Gasteiger partial charge in [0.15, 0.2) is 5.78 Å². The molecule has 1 aliphatic carbocycles. The molecule has 0 N–H and O–H groups in total. The molecule has 17 heavy (non-hydrogen) atoms. The number of carbonyl (C=O) groups is 1. The lowest BCUT2D eigenvalue weighted by atomic mass is 10.0. The highest BCUT2D eigenvalue weighted by molar-refractivity contribution is 5.85. The van der Waals surface area contributed by atoms with Crippen LogP contribution in [0.25, 0.3) is 0 Å². The van der Waals surface area contributed by atoms with Crippen molar-refractivity contribution in [1.82, 2.24) is 0 Å². The summed E-state index contributed by atoms with van der Waals surface area (Å²) in [6.07, 6.45) is 2.62. The number of benzene rings is 1.